The second-order valence-electron chi connectivity index (χ2n) is 3.06. The monoisotopic (exact) mass is 297 g/mol. The van der Waals surface area contributed by atoms with Crippen LogP contribution in [0.5, 0.6) is 0 Å². The predicted octanol–water partition coefficient (Wildman–Crippen LogP) is 2.74. The van der Waals surface area contributed by atoms with Crippen molar-refractivity contribution in [1.29, 1.82) is 0 Å². The SMILES string of the molecule is Nc1ccc(NC(=O)c2cncs2)cc1Br. The molecule has 2 aromatic rings. The van der Waals surface area contributed by atoms with E-state index in [1.54, 1.807) is 23.7 Å². The van der Waals surface area contributed by atoms with Crippen LogP contribution in [0.1, 0.15) is 9.67 Å². The number of amides is 1. The number of benzene rings is 1. The van der Waals surface area contributed by atoms with Crippen LogP contribution in [0.15, 0.2) is 34.4 Å². The first-order valence-corrected chi connectivity index (χ1v) is 6.09. The van der Waals surface area contributed by atoms with Gasteiger partial charge in [0.1, 0.15) is 4.88 Å². The van der Waals surface area contributed by atoms with Gasteiger partial charge in [-0.1, -0.05) is 0 Å². The summed E-state index contributed by atoms with van der Waals surface area (Å²) in [4.78, 5) is 16.1. The van der Waals surface area contributed by atoms with E-state index in [2.05, 4.69) is 26.2 Å². The molecular formula is C10H8BrN3OS. The molecule has 0 aliphatic carbocycles. The summed E-state index contributed by atoms with van der Waals surface area (Å²) in [5, 5.41) is 2.76. The van der Waals surface area contributed by atoms with E-state index in [9.17, 15) is 4.79 Å². The summed E-state index contributed by atoms with van der Waals surface area (Å²) in [6.07, 6.45) is 1.53. The van der Waals surface area contributed by atoms with Crippen molar-refractivity contribution in [3.05, 3.63) is 39.3 Å². The fourth-order valence-corrected chi connectivity index (χ4v) is 2.02. The van der Waals surface area contributed by atoms with Crippen LogP contribution in [0.4, 0.5) is 11.4 Å². The second-order valence-corrected chi connectivity index (χ2v) is 4.80. The molecule has 2 rings (SSSR count). The van der Waals surface area contributed by atoms with Gasteiger partial charge in [-0.2, -0.15) is 0 Å². The molecule has 0 atom stereocenters. The number of nitrogens with two attached hydrogens (primary N) is 1. The highest BCUT2D eigenvalue weighted by Gasteiger charge is 2.08. The van der Waals surface area contributed by atoms with Crippen LogP contribution in [0.3, 0.4) is 0 Å². The van der Waals surface area contributed by atoms with Gasteiger partial charge >= 0.3 is 0 Å². The molecule has 1 heterocycles. The summed E-state index contributed by atoms with van der Waals surface area (Å²) in [7, 11) is 0. The number of nitrogen functional groups attached to an aromatic ring is 1. The summed E-state index contributed by atoms with van der Waals surface area (Å²) in [5.41, 5.74) is 8.59. The standard InChI is InChI=1S/C10H8BrN3OS/c11-7-3-6(1-2-8(7)12)14-10(15)9-4-13-5-16-9/h1-5H,12H2,(H,14,15). The molecule has 0 fully saturated rings. The number of halogens is 1. The lowest BCUT2D eigenvalue weighted by atomic mass is 10.3. The Morgan fingerprint density at radius 3 is 2.94 bits per heavy atom. The molecule has 1 aromatic heterocycles. The minimum Gasteiger partial charge on any atom is -0.398 e. The van der Waals surface area contributed by atoms with E-state index in [1.807, 2.05) is 0 Å². The Balaban J connectivity index is 2.15. The van der Waals surface area contributed by atoms with Crippen molar-refractivity contribution >= 4 is 44.5 Å². The lowest BCUT2D eigenvalue weighted by molar-refractivity contribution is 0.103. The number of nitrogens with zero attached hydrogens (tertiary/aromatic N) is 1. The van der Waals surface area contributed by atoms with E-state index in [1.165, 1.54) is 17.5 Å². The van der Waals surface area contributed by atoms with Crippen LogP contribution < -0.4 is 11.1 Å². The average molecular weight is 298 g/mol. The van der Waals surface area contributed by atoms with Gasteiger partial charge in [0.25, 0.3) is 5.91 Å². The average Bonchev–Trinajstić information content (AvgIpc) is 2.77. The van der Waals surface area contributed by atoms with E-state index in [0.29, 0.717) is 16.3 Å². The maximum absolute atomic E-state index is 11.7. The fourth-order valence-electron chi connectivity index (χ4n) is 1.13. The van der Waals surface area contributed by atoms with Crippen LogP contribution in [-0.4, -0.2) is 10.9 Å². The molecule has 82 valence electrons. The van der Waals surface area contributed by atoms with Gasteiger partial charge in [0, 0.05) is 15.8 Å². The van der Waals surface area contributed by atoms with Crippen LogP contribution in [0.25, 0.3) is 0 Å². The Labute approximate surface area is 105 Å². The summed E-state index contributed by atoms with van der Waals surface area (Å²) < 4.78 is 0.759. The molecular weight excluding hydrogens is 290 g/mol. The lowest BCUT2D eigenvalue weighted by Crippen LogP contribution is -2.10. The maximum Gasteiger partial charge on any atom is 0.267 e. The van der Waals surface area contributed by atoms with E-state index >= 15 is 0 Å². The van der Waals surface area contributed by atoms with E-state index in [4.69, 9.17) is 5.73 Å². The van der Waals surface area contributed by atoms with Gasteiger partial charge in [-0.05, 0) is 34.1 Å². The predicted molar refractivity (Wildman–Crippen MR) is 68.6 cm³/mol. The number of nitrogens with one attached hydrogen (secondary N) is 1. The van der Waals surface area contributed by atoms with Gasteiger partial charge in [0.15, 0.2) is 0 Å². The van der Waals surface area contributed by atoms with Gasteiger partial charge in [0.2, 0.25) is 0 Å². The van der Waals surface area contributed by atoms with E-state index < -0.39 is 0 Å². The van der Waals surface area contributed by atoms with Gasteiger partial charge in [0.05, 0.1) is 11.7 Å². The van der Waals surface area contributed by atoms with Gasteiger partial charge in [-0.3, -0.25) is 9.78 Å². The van der Waals surface area contributed by atoms with Crippen molar-refractivity contribution in [1.82, 2.24) is 4.98 Å². The summed E-state index contributed by atoms with van der Waals surface area (Å²) >= 11 is 4.60. The van der Waals surface area contributed by atoms with Gasteiger partial charge in [-0.25, -0.2) is 0 Å². The van der Waals surface area contributed by atoms with Crippen LogP contribution >= 0.6 is 27.3 Å². The molecule has 0 radical (unpaired) electrons. The number of thiazole rings is 1. The third kappa shape index (κ3) is 2.40. The highest BCUT2D eigenvalue weighted by atomic mass is 79.9. The number of aromatic nitrogens is 1. The van der Waals surface area contributed by atoms with Crippen molar-refractivity contribution < 1.29 is 4.79 Å². The molecule has 16 heavy (non-hydrogen) atoms. The Bertz CT molecular complexity index is 513. The molecule has 3 N–H and O–H groups in total. The highest BCUT2D eigenvalue weighted by molar-refractivity contribution is 9.10. The zero-order valence-corrected chi connectivity index (χ0v) is 10.5. The first kappa shape index (κ1) is 11.1. The maximum atomic E-state index is 11.7. The third-order valence-corrected chi connectivity index (χ3v) is 3.37. The molecule has 1 aromatic carbocycles. The molecule has 0 aliphatic rings. The minimum atomic E-state index is -0.167. The second kappa shape index (κ2) is 4.63. The summed E-state index contributed by atoms with van der Waals surface area (Å²) in [6.45, 7) is 0. The van der Waals surface area contributed by atoms with E-state index in [-0.39, 0.29) is 5.91 Å². The van der Waals surface area contributed by atoms with Crippen molar-refractivity contribution in [3.63, 3.8) is 0 Å². The number of anilines is 2. The zero-order chi connectivity index (χ0) is 11.5. The number of hydrogen-bond donors (Lipinski definition) is 2. The number of hydrogen-bond acceptors (Lipinski definition) is 4. The summed E-state index contributed by atoms with van der Waals surface area (Å²) in [5.74, 6) is -0.167. The molecule has 0 saturated carbocycles. The molecule has 1 amide bonds. The minimum absolute atomic E-state index is 0.167. The van der Waals surface area contributed by atoms with Gasteiger partial charge in [-0.15, -0.1) is 11.3 Å². The normalized spacial score (nSPS) is 10.1. The molecule has 6 heteroatoms. The Morgan fingerprint density at radius 2 is 2.31 bits per heavy atom. The Morgan fingerprint density at radius 1 is 1.50 bits per heavy atom. The van der Waals surface area contributed by atoms with Crippen LogP contribution in [-0.2, 0) is 0 Å². The smallest absolute Gasteiger partial charge is 0.267 e. The first-order valence-electron chi connectivity index (χ1n) is 4.41. The number of rotatable bonds is 2. The van der Waals surface area contributed by atoms with Crippen molar-refractivity contribution in [2.24, 2.45) is 0 Å². The largest absolute Gasteiger partial charge is 0.398 e. The number of carbonyl (C=O) groups is 1. The highest BCUT2D eigenvalue weighted by Crippen LogP contribution is 2.23. The van der Waals surface area contributed by atoms with Crippen molar-refractivity contribution in [2.75, 3.05) is 11.1 Å². The molecule has 0 saturated heterocycles. The summed E-state index contributed by atoms with van der Waals surface area (Å²) in [6, 6.07) is 5.24. The topological polar surface area (TPSA) is 68.0 Å². The lowest BCUT2D eigenvalue weighted by Gasteiger charge is -2.05. The molecule has 4 nitrogen and oxygen atoms in total. The van der Waals surface area contributed by atoms with E-state index in [0.717, 1.165) is 4.47 Å². The van der Waals surface area contributed by atoms with Crippen LogP contribution in [0.2, 0.25) is 0 Å². The van der Waals surface area contributed by atoms with Crippen LogP contribution in [0, 0.1) is 0 Å². The zero-order valence-electron chi connectivity index (χ0n) is 8.11. The van der Waals surface area contributed by atoms with Gasteiger partial charge < -0.3 is 11.1 Å². The first-order chi connectivity index (χ1) is 7.66. The van der Waals surface area contributed by atoms with Crippen molar-refractivity contribution in [2.45, 2.75) is 0 Å². The quantitative estimate of drug-likeness (QED) is 0.838. The Hall–Kier alpha value is -1.40. The third-order valence-electron chi connectivity index (χ3n) is 1.91. The molecule has 0 bridgehead atoms. The molecule has 0 unspecified atom stereocenters. The molecule has 0 spiro atoms. The Kier molecular flexibility index (Phi) is 3.21. The van der Waals surface area contributed by atoms with Crippen molar-refractivity contribution in [3.8, 4) is 0 Å². The molecule has 0 aliphatic heterocycles. The number of carbonyl (C=O) groups excluding carboxylic acids is 1. The fraction of sp³-hybridized carbons (Fsp3) is 0.